The fourth-order valence-corrected chi connectivity index (χ4v) is 3.16. The number of aliphatic hydroxyl groups excluding tert-OH is 1. The minimum Gasteiger partial charge on any atom is -0.463 e. The van der Waals surface area contributed by atoms with Gasteiger partial charge in [0.2, 0.25) is 0 Å². The van der Waals surface area contributed by atoms with E-state index in [1.54, 1.807) is 0 Å². The van der Waals surface area contributed by atoms with E-state index >= 15 is 0 Å². The lowest BCUT2D eigenvalue weighted by molar-refractivity contribution is 0.0467. The lowest BCUT2D eigenvalue weighted by Gasteiger charge is -2.25. The van der Waals surface area contributed by atoms with Crippen molar-refractivity contribution in [3.63, 3.8) is 0 Å². The van der Waals surface area contributed by atoms with Gasteiger partial charge in [0.15, 0.2) is 0 Å². The number of rotatable bonds is 3. The highest BCUT2D eigenvalue weighted by atomic mass is 16.4. The average molecular weight is 245 g/mol. The van der Waals surface area contributed by atoms with Gasteiger partial charge < -0.3 is 9.52 Å². The lowest BCUT2D eigenvalue weighted by atomic mass is 9.81. The van der Waals surface area contributed by atoms with Crippen molar-refractivity contribution in [2.45, 2.75) is 51.0 Å². The number of furan rings is 1. The molecule has 2 saturated carbocycles. The molecule has 96 valence electrons. The van der Waals surface area contributed by atoms with E-state index in [4.69, 9.17) is 4.42 Å². The van der Waals surface area contributed by atoms with Gasteiger partial charge in [-0.3, -0.25) is 0 Å². The van der Waals surface area contributed by atoms with Crippen LogP contribution in [0, 0.1) is 22.7 Å². The molecule has 1 heterocycles. The summed E-state index contributed by atoms with van der Waals surface area (Å²) in [5, 5.41) is 19.8. The molecule has 1 aromatic rings. The number of nitriles is 1. The van der Waals surface area contributed by atoms with E-state index in [1.165, 1.54) is 6.42 Å². The molecule has 3 nitrogen and oxygen atoms in total. The monoisotopic (exact) mass is 245 g/mol. The Balaban J connectivity index is 1.81. The molecule has 0 spiro atoms. The van der Waals surface area contributed by atoms with Crippen LogP contribution >= 0.6 is 0 Å². The first kappa shape index (κ1) is 11.8. The third-order valence-corrected chi connectivity index (χ3v) is 4.63. The predicted octanol–water partition coefficient (Wildman–Crippen LogP) is 3.52. The summed E-state index contributed by atoms with van der Waals surface area (Å²) in [5.41, 5.74) is -0.621. The van der Waals surface area contributed by atoms with Gasteiger partial charge in [-0.15, -0.1) is 0 Å². The van der Waals surface area contributed by atoms with Crippen molar-refractivity contribution < 1.29 is 9.52 Å². The fraction of sp³-hybridized carbons (Fsp3) is 0.667. The van der Waals surface area contributed by atoms with Gasteiger partial charge in [0.1, 0.15) is 17.6 Å². The molecule has 2 fully saturated rings. The smallest absolute Gasteiger partial charge is 0.134 e. The highest BCUT2D eigenvalue weighted by Crippen LogP contribution is 2.50. The first-order chi connectivity index (χ1) is 8.66. The van der Waals surface area contributed by atoms with Gasteiger partial charge >= 0.3 is 0 Å². The summed E-state index contributed by atoms with van der Waals surface area (Å²) in [6.45, 7) is 2.21. The third-order valence-electron chi connectivity index (χ3n) is 4.63. The molecule has 0 aromatic carbocycles. The Kier molecular flexibility index (Phi) is 2.71. The van der Waals surface area contributed by atoms with Crippen LogP contribution in [0.4, 0.5) is 0 Å². The van der Waals surface area contributed by atoms with Gasteiger partial charge in [0, 0.05) is 5.92 Å². The maximum absolute atomic E-state index is 10.4. The molecular weight excluding hydrogens is 226 g/mol. The average Bonchev–Trinajstić information content (AvgIpc) is 2.89. The molecule has 0 radical (unpaired) electrons. The Morgan fingerprint density at radius 3 is 2.67 bits per heavy atom. The zero-order valence-electron chi connectivity index (χ0n) is 10.7. The molecule has 0 amide bonds. The Hall–Kier alpha value is -1.27. The summed E-state index contributed by atoms with van der Waals surface area (Å²) >= 11 is 0. The third kappa shape index (κ3) is 1.76. The molecule has 3 rings (SSSR count). The van der Waals surface area contributed by atoms with Gasteiger partial charge in [-0.1, -0.05) is 19.8 Å². The lowest BCUT2D eigenvalue weighted by Crippen LogP contribution is -2.23. The minimum atomic E-state index is -0.771. The fourth-order valence-electron chi connectivity index (χ4n) is 3.16. The molecule has 3 heteroatoms. The van der Waals surface area contributed by atoms with E-state index in [-0.39, 0.29) is 0 Å². The van der Waals surface area contributed by atoms with Crippen molar-refractivity contribution in [2.24, 2.45) is 11.3 Å². The van der Waals surface area contributed by atoms with Crippen LogP contribution in [0.1, 0.15) is 62.6 Å². The molecular formula is C15H19NO2. The quantitative estimate of drug-likeness (QED) is 0.886. The minimum absolute atomic E-state index is 0.521. The van der Waals surface area contributed by atoms with Crippen molar-refractivity contribution >= 4 is 0 Å². The zero-order valence-corrected chi connectivity index (χ0v) is 10.7. The topological polar surface area (TPSA) is 57.2 Å². The second-order valence-corrected chi connectivity index (χ2v) is 5.94. The molecule has 0 saturated heterocycles. The van der Waals surface area contributed by atoms with E-state index in [2.05, 4.69) is 13.0 Å². The van der Waals surface area contributed by atoms with Crippen molar-refractivity contribution in [3.05, 3.63) is 23.7 Å². The number of hydrogen-bond donors (Lipinski definition) is 1. The van der Waals surface area contributed by atoms with Crippen LogP contribution in [0.25, 0.3) is 0 Å². The maximum Gasteiger partial charge on any atom is 0.134 e. The second kappa shape index (κ2) is 4.13. The normalized spacial score (nSPS) is 30.9. The molecule has 1 N–H and O–H groups in total. The summed E-state index contributed by atoms with van der Waals surface area (Å²) in [5.74, 6) is 2.76. The Labute approximate surface area is 107 Å². The largest absolute Gasteiger partial charge is 0.463 e. The van der Waals surface area contributed by atoms with Crippen LogP contribution in [0.3, 0.4) is 0 Å². The van der Waals surface area contributed by atoms with Crippen LogP contribution in [0.5, 0.6) is 0 Å². The summed E-state index contributed by atoms with van der Waals surface area (Å²) in [4.78, 5) is 0. The van der Waals surface area contributed by atoms with E-state index < -0.39 is 11.5 Å². The van der Waals surface area contributed by atoms with E-state index in [9.17, 15) is 10.4 Å². The first-order valence-electron chi connectivity index (χ1n) is 6.85. The summed E-state index contributed by atoms with van der Waals surface area (Å²) in [6.07, 6.45) is 4.01. The molecule has 3 atom stereocenters. The van der Waals surface area contributed by atoms with E-state index in [0.29, 0.717) is 17.6 Å². The van der Waals surface area contributed by atoms with Crippen LogP contribution in [-0.4, -0.2) is 5.11 Å². The zero-order chi connectivity index (χ0) is 12.8. The van der Waals surface area contributed by atoms with Crippen LogP contribution in [0.2, 0.25) is 0 Å². The second-order valence-electron chi connectivity index (χ2n) is 5.94. The maximum atomic E-state index is 10.4. The van der Waals surface area contributed by atoms with E-state index in [0.717, 1.165) is 31.4 Å². The predicted molar refractivity (Wildman–Crippen MR) is 66.7 cm³/mol. The summed E-state index contributed by atoms with van der Waals surface area (Å²) < 4.78 is 5.78. The SMILES string of the molecule is CC1CC1c1ccc(C(O)C2(C#N)CCCC2)o1. The number of nitrogens with zero attached hydrogens (tertiary/aromatic N) is 1. The highest BCUT2D eigenvalue weighted by molar-refractivity contribution is 5.22. The molecule has 3 unspecified atom stereocenters. The first-order valence-corrected chi connectivity index (χ1v) is 6.85. The number of aliphatic hydroxyl groups is 1. The molecule has 1 aromatic heterocycles. The van der Waals surface area contributed by atoms with Gasteiger partial charge in [-0.05, 0) is 37.3 Å². The van der Waals surface area contributed by atoms with Gasteiger partial charge in [0.05, 0.1) is 11.5 Å². The van der Waals surface area contributed by atoms with Crippen molar-refractivity contribution in [2.75, 3.05) is 0 Å². The summed E-state index contributed by atoms with van der Waals surface area (Å²) in [6, 6.07) is 6.14. The van der Waals surface area contributed by atoms with Crippen molar-refractivity contribution in [3.8, 4) is 6.07 Å². The molecule has 2 aliphatic carbocycles. The Bertz CT molecular complexity index is 479. The molecule has 18 heavy (non-hydrogen) atoms. The number of hydrogen-bond acceptors (Lipinski definition) is 3. The summed E-state index contributed by atoms with van der Waals surface area (Å²) in [7, 11) is 0. The molecule has 2 aliphatic rings. The Morgan fingerprint density at radius 2 is 2.11 bits per heavy atom. The molecule has 0 aliphatic heterocycles. The van der Waals surface area contributed by atoms with Crippen LogP contribution in [-0.2, 0) is 0 Å². The van der Waals surface area contributed by atoms with Crippen molar-refractivity contribution in [1.82, 2.24) is 0 Å². The van der Waals surface area contributed by atoms with E-state index in [1.807, 2.05) is 12.1 Å². The Morgan fingerprint density at radius 1 is 1.44 bits per heavy atom. The highest BCUT2D eigenvalue weighted by Gasteiger charge is 2.44. The van der Waals surface area contributed by atoms with Gasteiger partial charge in [-0.2, -0.15) is 5.26 Å². The van der Waals surface area contributed by atoms with Gasteiger partial charge in [-0.25, -0.2) is 0 Å². The molecule has 0 bridgehead atoms. The van der Waals surface area contributed by atoms with Crippen LogP contribution in [0.15, 0.2) is 16.5 Å². The van der Waals surface area contributed by atoms with Gasteiger partial charge in [0.25, 0.3) is 0 Å². The van der Waals surface area contributed by atoms with Crippen molar-refractivity contribution in [1.29, 1.82) is 5.26 Å². The van der Waals surface area contributed by atoms with Crippen LogP contribution < -0.4 is 0 Å². The standard InChI is InChI=1S/C15H19NO2/c1-10-8-11(10)12-4-5-13(18-12)14(17)15(9-16)6-2-3-7-15/h4-5,10-11,14,17H,2-3,6-8H2,1H3.